The predicted molar refractivity (Wildman–Crippen MR) is 109 cm³/mol. The lowest BCUT2D eigenvalue weighted by Crippen LogP contribution is -2.34. The number of hydrogen-bond donors (Lipinski definition) is 0. The van der Waals surface area contributed by atoms with Crippen LogP contribution < -0.4 is 0 Å². The van der Waals surface area contributed by atoms with Crippen molar-refractivity contribution in [2.24, 2.45) is 0 Å². The highest BCUT2D eigenvalue weighted by molar-refractivity contribution is 7.13. The number of aromatic nitrogens is 4. The Bertz CT molecular complexity index is 1100. The van der Waals surface area contributed by atoms with Crippen LogP contribution in [0, 0.1) is 6.92 Å². The molecular formula is C21H21N5OS. The Morgan fingerprint density at radius 1 is 1.21 bits per heavy atom. The fourth-order valence-electron chi connectivity index (χ4n) is 3.88. The van der Waals surface area contributed by atoms with Gasteiger partial charge in [0.15, 0.2) is 0 Å². The highest BCUT2D eigenvalue weighted by Crippen LogP contribution is 2.31. The maximum absolute atomic E-state index is 6.02. The molecule has 0 aliphatic carbocycles. The number of pyridine rings is 1. The number of benzene rings is 1. The van der Waals surface area contributed by atoms with Crippen LogP contribution in [0.5, 0.6) is 0 Å². The fraction of sp³-hybridized carbons (Fsp3) is 0.333. The Labute approximate surface area is 167 Å². The maximum Gasteiger partial charge on any atom is 0.259 e. The molecule has 1 fully saturated rings. The number of piperidine rings is 1. The molecule has 1 aliphatic rings. The highest BCUT2D eigenvalue weighted by Gasteiger charge is 2.26. The minimum Gasteiger partial charge on any atom is -0.419 e. The van der Waals surface area contributed by atoms with Crippen molar-refractivity contribution in [3.8, 4) is 10.8 Å². The van der Waals surface area contributed by atoms with Gasteiger partial charge in [-0.05, 0) is 50.1 Å². The second kappa shape index (κ2) is 7.41. The quantitative estimate of drug-likeness (QED) is 0.513. The first-order valence-corrected chi connectivity index (χ1v) is 10.4. The van der Waals surface area contributed by atoms with E-state index >= 15 is 0 Å². The van der Waals surface area contributed by atoms with Gasteiger partial charge in [0.25, 0.3) is 5.89 Å². The lowest BCUT2D eigenvalue weighted by atomic mass is 9.97. The molecule has 3 aromatic heterocycles. The third-order valence-electron chi connectivity index (χ3n) is 5.31. The molecule has 1 unspecified atom stereocenters. The molecular weight excluding hydrogens is 370 g/mol. The normalized spacial score (nSPS) is 18.0. The van der Waals surface area contributed by atoms with Gasteiger partial charge < -0.3 is 4.42 Å². The maximum atomic E-state index is 6.02. The van der Waals surface area contributed by atoms with E-state index in [4.69, 9.17) is 4.42 Å². The van der Waals surface area contributed by atoms with Crippen LogP contribution in [-0.2, 0) is 6.54 Å². The van der Waals surface area contributed by atoms with E-state index in [0.717, 1.165) is 54.5 Å². The van der Waals surface area contributed by atoms with Crippen LogP contribution in [-0.4, -0.2) is 38.2 Å². The molecule has 1 aromatic carbocycles. The van der Waals surface area contributed by atoms with Gasteiger partial charge in [-0.25, -0.2) is 4.98 Å². The Kier molecular flexibility index (Phi) is 4.62. The first-order chi connectivity index (χ1) is 13.8. The summed E-state index contributed by atoms with van der Waals surface area (Å²) in [5, 5.41) is 9.80. The molecule has 142 valence electrons. The summed E-state index contributed by atoms with van der Waals surface area (Å²) in [4.78, 5) is 12.1. The summed E-state index contributed by atoms with van der Waals surface area (Å²) in [6.45, 7) is 4.93. The van der Waals surface area contributed by atoms with E-state index in [-0.39, 0.29) is 5.92 Å². The van der Waals surface area contributed by atoms with Gasteiger partial charge in [0.1, 0.15) is 4.88 Å². The van der Waals surface area contributed by atoms with Crippen molar-refractivity contribution in [3.05, 3.63) is 59.2 Å². The zero-order valence-electron chi connectivity index (χ0n) is 15.7. The van der Waals surface area contributed by atoms with Crippen LogP contribution in [0.3, 0.4) is 0 Å². The molecule has 0 amide bonds. The molecule has 1 saturated heterocycles. The van der Waals surface area contributed by atoms with E-state index in [9.17, 15) is 0 Å². The summed E-state index contributed by atoms with van der Waals surface area (Å²) < 4.78 is 6.02. The number of aryl methyl sites for hydroxylation is 1. The van der Waals surface area contributed by atoms with Gasteiger partial charge in [-0.2, -0.15) is 0 Å². The number of hydrogen-bond acceptors (Lipinski definition) is 7. The minimum absolute atomic E-state index is 0.283. The molecule has 4 heterocycles. The first-order valence-electron chi connectivity index (χ1n) is 9.56. The van der Waals surface area contributed by atoms with E-state index in [0.29, 0.717) is 5.89 Å². The zero-order chi connectivity index (χ0) is 18.9. The second-order valence-corrected chi connectivity index (χ2v) is 8.17. The molecule has 28 heavy (non-hydrogen) atoms. The second-order valence-electron chi connectivity index (χ2n) is 7.32. The number of fused-ring (bicyclic) bond motifs is 1. The van der Waals surface area contributed by atoms with Crippen molar-refractivity contribution in [1.29, 1.82) is 0 Å². The Morgan fingerprint density at radius 3 is 3.07 bits per heavy atom. The molecule has 5 rings (SSSR count). The van der Waals surface area contributed by atoms with Crippen LogP contribution >= 0.6 is 11.3 Å². The van der Waals surface area contributed by atoms with Crippen molar-refractivity contribution in [1.82, 2.24) is 25.1 Å². The lowest BCUT2D eigenvalue weighted by Gasteiger charge is -2.31. The topological polar surface area (TPSA) is 67.9 Å². The SMILES string of the molecule is Cc1ncsc1-c1nnc(C2CCCN(Cc3ccc4ncccc4c3)C2)o1. The van der Waals surface area contributed by atoms with Crippen molar-refractivity contribution in [2.45, 2.75) is 32.2 Å². The molecule has 0 N–H and O–H groups in total. The van der Waals surface area contributed by atoms with Gasteiger partial charge in [-0.15, -0.1) is 21.5 Å². The van der Waals surface area contributed by atoms with Crippen LogP contribution in [0.4, 0.5) is 0 Å². The number of nitrogens with zero attached hydrogens (tertiary/aromatic N) is 5. The molecule has 0 spiro atoms. The van der Waals surface area contributed by atoms with Crippen LogP contribution in [0.15, 0.2) is 46.5 Å². The number of thiazole rings is 1. The molecule has 1 aliphatic heterocycles. The standard InChI is InChI=1S/C21H21N5OS/c1-14-19(28-13-23-14)21-25-24-20(27-21)17-5-3-9-26(12-17)11-15-6-7-18-16(10-15)4-2-8-22-18/h2,4,6-8,10,13,17H,3,5,9,11-12H2,1H3. The van der Waals surface area contributed by atoms with E-state index in [1.807, 2.05) is 24.7 Å². The number of likely N-dealkylation sites (tertiary alicyclic amines) is 1. The molecule has 1 atom stereocenters. The van der Waals surface area contributed by atoms with Gasteiger partial charge in [-0.1, -0.05) is 12.1 Å². The Balaban J connectivity index is 1.31. The van der Waals surface area contributed by atoms with Crippen LogP contribution in [0.1, 0.15) is 35.9 Å². The molecule has 7 heteroatoms. The average molecular weight is 392 g/mol. The summed E-state index contributed by atoms with van der Waals surface area (Å²) in [7, 11) is 0. The fourth-order valence-corrected chi connectivity index (χ4v) is 4.60. The zero-order valence-corrected chi connectivity index (χ0v) is 16.5. The minimum atomic E-state index is 0.283. The van der Waals surface area contributed by atoms with Crippen molar-refractivity contribution >= 4 is 22.2 Å². The first kappa shape index (κ1) is 17.5. The molecule has 0 saturated carbocycles. The predicted octanol–water partition coefficient (Wildman–Crippen LogP) is 4.43. The van der Waals surface area contributed by atoms with Gasteiger partial charge >= 0.3 is 0 Å². The smallest absolute Gasteiger partial charge is 0.259 e. The third kappa shape index (κ3) is 3.43. The summed E-state index contributed by atoms with van der Waals surface area (Å²) >= 11 is 1.54. The molecule has 6 nitrogen and oxygen atoms in total. The van der Waals surface area contributed by atoms with E-state index in [1.54, 1.807) is 11.3 Å². The Hall–Kier alpha value is -2.64. The summed E-state index contributed by atoms with van der Waals surface area (Å²) in [6.07, 6.45) is 4.06. The largest absolute Gasteiger partial charge is 0.419 e. The summed E-state index contributed by atoms with van der Waals surface area (Å²) in [5.74, 6) is 1.62. The van der Waals surface area contributed by atoms with E-state index in [2.05, 4.69) is 49.3 Å². The van der Waals surface area contributed by atoms with Crippen LogP contribution in [0.25, 0.3) is 21.7 Å². The van der Waals surface area contributed by atoms with Gasteiger partial charge in [0.2, 0.25) is 5.89 Å². The van der Waals surface area contributed by atoms with Gasteiger partial charge in [-0.3, -0.25) is 9.88 Å². The van der Waals surface area contributed by atoms with Crippen molar-refractivity contribution < 1.29 is 4.42 Å². The lowest BCUT2D eigenvalue weighted by molar-refractivity contribution is 0.186. The third-order valence-corrected chi connectivity index (χ3v) is 6.23. The Morgan fingerprint density at radius 2 is 2.18 bits per heavy atom. The van der Waals surface area contributed by atoms with Crippen molar-refractivity contribution in [3.63, 3.8) is 0 Å². The van der Waals surface area contributed by atoms with Crippen LogP contribution in [0.2, 0.25) is 0 Å². The van der Waals surface area contributed by atoms with Crippen molar-refractivity contribution in [2.75, 3.05) is 13.1 Å². The molecule has 4 aromatic rings. The highest BCUT2D eigenvalue weighted by atomic mass is 32.1. The van der Waals surface area contributed by atoms with E-state index in [1.165, 1.54) is 10.9 Å². The van der Waals surface area contributed by atoms with E-state index < -0.39 is 0 Å². The molecule has 0 bridgehead atoms. The average Bonchev–Trinajstić information content (AvgIpc) is 3.37. The summed E-state index contributed by atoms with van der Waals surface area (Å²) in [5.41, 5.74) is 5.11. The number of rotatable bonds is 4. The molecule has 0 radical (unpaired) electrons. The van der Waals surface area contributed by atoms with Gasteiger partial charge in [0.05, 0.1) is 22.6 Å². The monoisotopic (exact) mass is 391 g/mol. The van der Waals surface area contributed by atoms with Gasteiger partial charge in [0, 0.05) is 24.7 Å². The summed E-state index contributed by atoms with van der Waals surface area (Å²) in [6, 6.07) is 10.6.